The number of benzene rings is 2. The molecular formula is C43H43Cl2N9O11S4. The number of fused-ring (bicyclic) bond motifs is 1. The van der Waals surface area contributed by atoms with Crippen LogP contribution in [0, 0.1) is 0 Å². The van der Waals surface area contributed by atoms with Crippen LogP contribution in [0.5, 0.6) is 0 Å². The number of thiophene rings is 2. The van der Waals surface area contributed by atoms with Crippen LogP contribution in [0.15, 0.2) is 98.4 Å². The van der Waals surface area contributed by atoms with Crippen molar-refractivity contribution in [3.05, 3.63) is 132 Å². The van der Waals surface area contributed by atoms with Gasteiger partial charge in [0.05, 0.1) is 18.5 Å². The molecule has 0 atom stereocenters. The normalized spacial score (nSPS) is 14.8. The molecule has 2 fully saturated rings. The van der Waals surface area contributed by atoms with Gasteiger partial charge >= 0.3 is 12.1 Å². The highest BCUT2D eigenvalue weighted by atomic mass is 35.5. The van der Waals surface area contributed by atoms with Crippen LogP contribution >= 0.6 is 45.9 Å². The van der Waals surface area contributed by atoms with E-state index in [1.54, 1.807) is 65.2 Å². The number of nitrogens with zero attached hydrogens (tertiary/aromatic N) is 7. The van der Waals surface area contributed by atoms with Crippen molar-refractivity contribution < 1.29 is 46.2 Å². The van der Waals surface area contributed by atoms with Crippen molar-refractivity contribution in [1.82, 2.24) is 38.7 Å². The molecule has 0 unspecified atom stereocenters. The second-order valence-electron chi connectivity index (χ2n) is 15.3. The maximum atomic E-state index is 13.3. The van der Waals surface area contributed by atoms with Crippen LogP contribution in [-0.2, 0) is 39.7 Å². The van der Waals surface area contributed by atoms with Gasteiger partial charge in [-0.3, -0.25) is 14.4 Å². The molecule has 2 aromatic carbocycles. The quantitative estimate of drug-likeness (QED) is 0.119. The van der Waals surface area contributed by atoms with Gasteiger partial charge < -0.3 is 35.2 Å². The molecule has 0 radical (unpaired) electrons. The number of carboxylic acids is 1. The topological polar surface area (TPSA) is 262 Å². The number of sulfonamides is 2. The van der Waals surface area contributed by atoms with Crippen LogP contribution in [0.1, 0.15) is 47.8 Å². The van der Waals surface area contributed by atoms with Crippen LogP contribution in [0.3, 0.4) is 0 Å². The summed E-state index contributed by atoms with van der Waals surface area (Å²) in [5.74, 6) is -1.56. The van der Waals surface area contributed by atoms with Gasteiger partial charge in [-0.05, 0) is 79.7 Å². The molecule has 2 aliphatic rings. The average molecular weight is 1060 g/mol. The number of hydrogen-bond donors (Lipinski definition) is 4. The number of carbonyl (C=O) groups excluding carboxylic acids is 2. The molecule has 4 aromatic heterocycles. The molecule has 4 N–H and O–H groups in total. The number of pyridine rings is 1. The number of aryl methyl sites for hydroxylation is 1. The van der Waals surface area contributed by atoms with Crippen LogP contribution < -0.4 is 21.0 Å². The van der Waals surface area contributed by atoms with Crippen LogP contribution in [-0.4, -0.2) is 131 Å². The first-order chi connectivity index (χ1) is 32.8. The van der Waals surface area contributed by atoms with Crippen molar-refractivity contribution in [2.24, 2.45) is 0 Å². The highest BCUT2D eigenvalue weighted by molar-refractivity contribution is 7.91. The predicted octanol–water partition coefficient (Wildman–Crippen LogP) is 4.98. The Hall–Kier alpha value is -5.99. The van der Waals surface area contributed by atoms with E-state index in [1.807, 2.05) is 11.8 Å². The number of halogens is 2. The zero-order valence-electron chi connectivity index (χ0n) is 36.4. The largest absolute Gasteiger partial charge is 0.477 e. The van der Waals surface area contributed by atoms with Gasteiger partial charge in [0.15, 0.2) is 0 Å². The lowest BCUT2D eigenvalue weighted by Gasteiger charge is -2.33. The highest BCUT2D eigenvalue weighted by Gasteiger charge is 2.32. The lowest BCUT2D eigenvalue weighted by atomic mass is 10.2. The summed E-state index contributed by atoms with van der Waals surface area (Å²) in [6, 6.07) is 19.3. The minimum absolute atomic E-state index is 0.106. The van der Waals surface area contributed by atoms with Crippen molar-refractivity contribution in [2.75, 3.05) is 57.3 Å². The molecule has 3 amide bonds. The first-order valence-electron chi connectivity index (χ1n) is 21.0. The molecular weight excluding hydrogens is 1020 g/mol. The third-order valence-corrected chi connectivity index (χ3v) is 18.3. The predicted molar refractivity (Wildman–Crippen MR) is 260 cm³/mol. The monoisotopic (exact) mass is 1060 g/mol. The Bertz CT molecular complexity index is 3170. The molecule has 20 nitrogen and oxygen atoms in total. The second-order valence-corrected chi connectivity index (χ2v) is 22.8. The van der Waals surface area contributed by atoms with Gasteiger partial charge in [-0.15, -0.1) is 22.7 Å². The third kappa shape index (κ3) is 11.9. The van der Waals surface area contributed by atoms with Gasteiger partial charge in [0.2, 0.25) is 11.4 Å². The Morgan fingerprint density at radius 3 is 1.58 bits per heavy atom. The third-order valence-electron chi connectivity index (χ3n) is 10.9. The number of amides is 3. The standard InChI is InChI=1S/C26H25ClN6O6S2.C17H18ClN3O5S2/c1-2-31-15-20(25(36)37)22(34)19-14-29-26(30-23(19)31)32-9-11-33(12-10-32)41(38,39)21-8-7-18(40-21)13-28-24(35)16-3-5-17(27)6-4-16;18-13-3-1-12(2-4-13)16(22)19-11-14-5-6-15(27-14)28(25,26)21-9-7-20(8-10-21)17(23)24/h3-8,14-15H,2,9-13H2,1H3,(H,28,35)(H,36,37);1-6H,7-11H2,(H,19,22)(H,23,24). The minimum atomic E-state index is -3.75. The van der Waals surface area contributed by atoms with E-state index in [0.717, 1.165) is 22.7 Å². The zero-order chi connectivity index (χ0) is 49.6. The number of carboxylic acid groups (broad SMARTS) is 2. The molecule has 2 aliphatic heterocycles. The van der Waals surface area contributed by atoms with Gasteiger partial charge in [-0.1, -0.05) is 23.2 Å². The van der Waals surface area contributed by atoms with E-state index in [9.17, 15) is 45.9 Å². The lowest BCUT2D eigenvalue weighted by molar-refractivity contribution is 0.0694. The van der Waals surface area contributed by atoms with Gasteiger partial charge in [0.25, 0.3) is 31.9 Å². The Balaban J connectivity index is 0.000000219. The smallest absolute Gasteiger partial charge is 0.407 e. The summed E-state index contributed by atoms with van der Waals surface area (Å²) in [4.78, 5) is 72.7. The van der Waals surface area contributed by atoms with E-state index in [0.29, 0.717) is 62.2 Å². The van der Waals surface area contributed by atoms with Crippen molar-refractivity contribution in [3.63, 3.8) is 0 Å². The van der Waals surface area contributed by atoms with Crippen molar-refractivity contribution in [1.29, 1.82) is 0 Å². The molecule has 0 aliphatic carbocycles. The van der Waals surface area contributed by atoms with E-state index in [4.69, 9.17) is 28.3 Å². The molecule has 8 rings (SSSR count). The SMILES string of the molecule is CCn1cc(C(=O)O)c(=O)c2cnc(N3CCN(S(=O)(=O)c4ccc(CNC(=O)c5ccc(Cl)cc5)s4)CC3)nc21.O=C(NCc1ccc(S(=O)(=O)N2CCN(C(=O)O)CC2)s1)c1ccc(Cl)cc1. The molecule has 364 valence electrons. The van der Waals surface area contributed by atoms with E-state index >= 15 is 0 Å². The number of rotatable bonds is 13. The highest BCUT2D eigenvalue weighted by Crippen LogP contribution is 2.28. The maximum Gasteiger partial charge on any atom is 0.407 e. The molecule has 26 heteroatoms. The van der Waals surface area contributed by atoms with Crippen molar-refractivity contribution in [2.45, 2.75) is 35.0 Å². The van der Waals surface area contributed by atoms with Crippen LogP contribution in [0.25, 0.3) is 11.0 Å². The van der Waals surface area contributed by atoms with E-state index in [2.05, 4.69) is 20.6 Å². The zero-order valence-corrected chi connectivity index (χ0v) is 41.2. The number of piperazine rings is 2. The number of aromatic carboxylic acids is 1. The van der Waals surface area contributed by atoms with Crippen LogP contribution in [0.2, 0.25) is 10.0 Å². The summed E-state index contributed by atoms with van der Waals surface area (Å²) >= 11 is 13.8. The summed E-state index contributed by atoms with van der Waals surface area (Å²) in [7, 11) is -7.43. The molecule has 6 heterocycles. The summed E-state index contributed by atoms with van der Waals surface area (Å²) in [5.41, 5.74) is 0.228. The van der Waals surface area contributed by atoms with Gasteiger partial charge in [0.1, 0.15) is 19.6 Å². The molecule has 0 spiro atoms. The molecule has 0 bridgehead atoms. The minimum Gasteiger partial charge on any atom is -0.477 e. The first kappa shape index (κ1) is 50.9. The Kier molecular flexibility index (Phi) is 16.0. The first-order valence-corrected chi connectivity index (χ1v) is 26.2. The number of aromatic nitrogens is 3. The number of nitrogens with one attached hydrogen (secondary N) is 2. The van der Waals surface area contributed by atoms with Gasteiger partial charge in [0, 0.05) is 102 Å². The van der Waals surface area contributed by atoms with E-state index < -0.39 is 37.5 Å². The van der Waals surface area contributed by atoms with E-state index in [1.165, 1.54) is 38.0 Å². The number of carbonyl (C=O) groups is 4. The molecule has 2 saturated heterocycles. The molecule has 69 heavy (non-hydrogen) atoms. The van der Waals surface area contributed by atoms with Gasteiger partial charge in [-0.25, -0.2) is 31.4 Å². The number of hydrogen-bond acceptors (Lipinski definition) is 14. The average Bonchev–Trinajstić information content (AvgIpc) is 4.05. The van der Waals surface area contributed by atoms with E-state index in [-0.39, 0.29) is 83.5 Å². The van der Waals surface area contributed by atoms with Crippen LogP contribution in [0.4, 0.5) is 10.7 Å². The summed E-state index contributed by atoms with van der Waals surface area (Å²) in [6.07, 6.45) is 1.54. The molecule has 6 aromatic rings. The Morgan fingerprint density at radius 2 is 1.14 bits per heavy atom. The van der Waals surface area contributed by atoms with Gasteiger partial charge in [-0.2, -0.15) is 13.6 Å². The van der Waals surface area contributed by atoms with Crippen molar-refractivity contribution in [3.8, 4) is 0 Å². The summed E-state index contributed by atoms with van der Waals surface area (Å²) in [6.45, 7) is 4.16. The lowest BCUT2D eigenvalue weighted by Crippen LogP contribution is -2.50. The van der Waals surface area contributed by atoms with Crippen molar-refractivity contribution >= 4 is 107 Å². The number of anilines is 1. The maximum absolute atomic E-state index is 13.3. The summed E-state index contributed by atoms with van der Waals surface area (Å²) < 4.78 is 56.7. The fraction of sp³-hybridized carbons (Fsp3) is 0.279. The Morgan fingerprint density at radius 1 is 0.681 bits per heavy atom. The Labute approximate surface area is 413 Å². The fourth-order valence-electron chi connectivity index (χ4n) is 7.14. The fourth-order valence-corrected chi connectivity index (χ4v) is 13.1. The second kappa shape index (κ2) is 21.8. The molecule has 0 saturated carbocycles. The summed E-state index contributed by atoms with van der Waals surface area (Å²) in [5, 5.41) is 25.0.